The molecular formula is C11H20N2O2. The Morgan fingerprint density at radius 1 is 1.53 bits per heavy atom. The molecular weight excluding hydrogens is 192 g/mol. The highest BCUT2D eigenvalue weighted by Crippen LogP contribution is 2.02. The van der Waals surface area contributed by atoms with E-state index in [1.807, 2.05) is 34.6 Å². The highest BCUT2D eigenvalue weighted by atomic mass is 16.3. The van der Waals surface area contributed by atoms with Gasteiger partial charge in [-0.25, -0.2) is 4.98 Å². The lowest BCUT2D eigenvalue weighted by Gasteiger charge is -2.04. The van der Waals surface area contributed by atoms with Gasteiger partial charge in [0.1, 0.15) is 6.26 Å². The fraction of sp³-hybridized carbons (Fsp3) is 0.636. The predicted molar refractivity (Wildman–Crippen MR) is 59.8 cm³/mol. The number of oxazole rings is 1. The zero-order chi connectivity index (χ0) is 11.8. The van der Waals surface area contributed by atoms with Gasteiger partial charge < -0.3 is 9.73 Å². The number of nitrogens with zero attached hydrogens (tertiary/aromatic N) is 1. The van der Waals surface area contributed by atoms with E-state index in [0.29, 0.717) is 18.0 Å². The first-order valence-electron chi connectivity index (χ1n) is 5.38. The predicted octanol–water partition coefficient (Wildman–Crippen LogP) is 2.40. The summed E-state index contributed by atoms with van der Waals surface area (Å²) in [4.78, 5) is 15.4. The van der Waals surface area contributed by atoms with Crippen LogP contribution in [0.1, 0.15) is 51.0 Å². The number of carbonyl (C=O) groups excluding carboxylic acids is 1. The van der Waals surface area contributed by atoms with E-state index >= 15 is 0 Å². The van der Waals surface area contributed by atoms with E-state index in [4.69, 9.17) is 4.42 Å². The van der Waals surface area contributed by atoms with Crippen molar-refractivity contribution in [3.63, 3.8) is 0 Å². The summed E-state index contributed by atoms with van der Waals surface area (Å²) in [7, 11) is 0. The molecule has 0 unspecified atom stereocenters. The lowest BCUT2D eigenvalue weighted by atomic mass is 10.3. The third-order valence-electron chi connectivity index (χ3n) is 1.51. The summed E-state index contributed by atoms with van der Waals surface area (Å²) in [5, 5.41) is 2.74. The molecule has 1 aromatic heterocycles. The quantitative estimate of drug-likeness (QED) is 0.837. The highest BCUT2D eigenvalue weighted by Gasteiger charge is 2.11. The van der Waals surface area contributed by atoms with Gasteiger partial charge in [0.25, 0.3) is 5.91 Å². The Bertz CT molecular complexity index is 293. The Balaban J connectivity index is 0.000000921. The van der Waals surface area contributed by atoms with Crippen LogP contribution in [0.5, 0.6) is 0 Å². The van der Waals surface area contributed by atoms with Gasteiger partial charge in [0.15, 0.2) is 11.6 Å². The molecule has 0 saturated carbocycles. The van der Waals surface area contributed by atoms with Crippen molar-refractivity contribution in [2.45, 2.75) is 47.1 Å². The van der Waals surface area contributed by atoms with E-state index < -0.39 is 0 Å². The smallest absolute Gasteiger partial charge is 0.273 e. The molecule has 4 heteroatoms. The Kier molecular flexibility index (Phi) is 6.42. The molecule has 0 atom stereocenters. The van der Waals surface area contributed by atoms with Crippen LogP contribution in [0.4, 0.5) is 0 Å². The average Bonchev–Trinajstić information content (AvgIpc) is 2.68. The second kappa shape index (κ2) is 7.04. The van der Waals surface area contributed by atoms with Gasteiger partial charge in [-0.05, 0) is 13.8 Å². The molecule has 0 aliphatic carbocycles. The minimum atomic E-state index is -0.182. The molecule has 1 heterocycles. The Labute approximate surface area is 91.1 Å². The molecule has 0 aliphatic rings. The second-order valence-electron chi connectivity index (χ2n) is 3.11. The van der Waals surface area contributed by atoms with Crippen LogP contribution in [0.2, 0.25) is 0 Å². The topological polar surface area (TPSA) is 55.1 Å². The van der Waals surface area contributed by atoms with E-state index in [9.17, 15) is 4.79 Å². The molecule has 1 aromatic rings. The molecule has 0 aliphatic heterocycles. The maximum atomic E-state index is 11.4. The Morgan fingerprint density at radius 2 is 2.13 bits per heavy atom. The van der Waals surface area contributed by atoms with Gasteiger partial charge in [0.2, 0.25) is 0 Å². The summed E-state index contributed by atoms with van der Waals surface area (Å²) in [5.74, 6) is 0.410. The molecule has 86 valence electrons. The molecule has 0 aromatic carbocycles. The maximum absolute atomic E-state index is 11.4. The third kappa shape index (κ3) is 4.63. The number of amides is 1. The van der Waals surface area contributed by atoms with E-state index in [1.165, 1.54) is 6.26 Å². The fourth-order valence-corrected chi connectivity index (χ4v) is 0.914. The van der Waals surface area contributed by atoms with Crippen LogP contribution >= 0.6 is 0 Å². The van der Waals surface area contributed by atoms with Crippen molar-refractivity contribution in [2.75, 3.05) is 0 Å². The minimum Gasteiger partial charge on any atom is -0.448 e. The number of hydrogen-bond acceptors (Lipinski definition) is 3. The number of carbonyl (C=O) groups is 1. The SMILES string of the molecule is CC.CCc1nc(C(=O)NC(C)C)co1. The Hall–Kier alpha value is -1.32. The molecule has 4 nitrogen and oxygen atoms in total. The fourth-order valence-electron chi connectivity index (χ4n) is 0.914. The van der Waals surface area contributed by atoms with E-state index in [1.54, 1.807) is 0 Å². The first kappa shape index (κ1) is 13.7. The van der Waals surface area contributed by atoms with Gasteiger partial charge >= 0.3 is 0 Å². The van der Waals surface area contributed by atoms with Crippen molar-refractivity contribution in [1.29, 1.82) is 0 Å². The third-order valence-corrected chi connectivity index (χ3v) is 1.51. The van der Waals surface area contributed by atoms with Crippen LogP contribution in [0.3, 0.4) is 0 Å². The van der Waals surface area contributed by atoms with E-state index in [0.717, 1.165) is 0 Å². The van der Waals surface area contributed by atoms with Crippen LogP contribution in [-0.2, 0) is 6.42 Å². The standard InChI is InChI=1S/C9H14N2O2.C2H6/c1-4-8-11-7(5-13-8)9(12)10-6(2)3;1-2/h5-6H,4H2,1-3H3,(H,10,12);1-2H3. The molecule has 0 saturated heterocycles. The van der Waals surface area contributed by atoms with Gasteiger partial charge in [-0.2, -0.15) is 0 Å². The first-order chi connectivity index (χ1) is 7.13. The summed E-state index contributed by atoms with van der Waals surface area (Å²) in [6, 6.07) is 0.120. The highest BCUT2D eigenvalue weighted by molar-refractivity contribution is 5.92. The number of hydrogen-bond donors (Lipinski definition) is 1. The summed E-state index contributed by atoms with van der Waals surface area (Å²) < 4.78 is 5.04. The normalized spacial score (nSPS) is 9.47. The second-order valence-corrected chi connectivity index (χ2v) is 3.11. The van der Waals surface area contributed by atoms with Gasteiger partial charge in [-0.1, -0.05) is 20.8 Å². The summed E-state index contributed by atoms with van der Waals surface area (Å²) in [6.45, 7) is 9.73. The summed E-state index contributed by atoms with van der Waals surface area (Å²) in [5.41, 5.74) is 0.352. The molecule has 1 N–H and O–H groups in total. The zero-order valence-corrected chi connectivity index (χ0v) is 10.1. The van der Waals surface area contributed by atoms with E-state index in [2.05, 4.69) is 10.3 Å². The van der Waals surface area contributed by atoms with Crippen molar-refractivity contribution in [3.05, 3.63) is 17.8 Å². The van der Waals surface area contributed by atoms with Gasteiger partial charge in [-0.15, -0.1) is 0 Å². The van der Waals surface area contributed by atoms with Gasteiger partial charge in [-0.3, -0.25) is 4.79 Å². The van der Waals surface area contributed by atoms with Crippen LogP contribution in [0, 0.1) is 0 Å². The van der Waals surface area contributed by atoms with Crippen molar-refractivity contribution >= 4 is 5.91 Å². The molecule has 1 rings (SSSR count). The monoisotopic (exact) mass is 212 g/mol. The van der Waals surface area contributed by atoms with Gasteiger partial charge in [0, 0.05) is 12.5 Å². The van der Waals surface area contributed by atoms with Crippen molar-refractivity contribution in [2.24, 2.45) is 0 Å². The number of aryl methyl sites for hydroxylation is 1. The number of rotatable bonds is 3. The minimum absolute atomic E-state index is 0.120. The van der Waals surface area contributed by atoms with Gasteiger partial charge in [0.05, 0.1) is 0 Å². The zero-order valence-electron chi connectivity index (χ0n) is 10.1. The van der Waals surface area contributed by atoms with Crippen molar-refractivity contribution < 1.29 is 9.21 Å². The first-order valence-corrected chi connectivity index (χ1v) is 5.38. The van der Waals surface area contributed by atoms with Crippen LogP contribution in [-0.4, -0.2) is 16.9 Å². The number of nitrogens with one attached hydrogen (secondary N) is 1. The van der Waals surface area contributed by atoms with Crippen LogP contribution < -0.4 is 5.32 Å². The summed E-state index contributed by atoms with van der Waals surface area (Å²) in [6.07, 6.45) is 2.09. The average molecular weight is 212 g/mol. The molecule has 1 amide bonds. The molecule has 15 heavy (non-hydrogen) atoms. The number of aromatic nitrogens is 1. The van der Waals surface area contributed by atoms with Crippen LogP contribution in [0.15, 0.2) is 10.7 Å². The van der Waals surface area contributed by atoms with Crippen molar-refractivity contribution in [1.82, 2.24) is 10.3 Å². The lowest BCUT2D eigenvalue weighted by Crippen LogP contribution is -2.30. The molecule has 0 radical (unpaired) electrons. The lowest BCUT2D eigenvalue weighted by molar-refractivity contribution is 0.0938. The molecule has 0 fully saturated rings. The summed E-state index contributed by atoms with van der Waals surface area (Å²) >= 11 is 0. The van der Waals surface area contributed by atoms with Crippen molar-refractivity contribution in [3.8, 4) is 0 Å². The maximum Gasteiger partial charge on any atom is 0.273 e. The Morgan fingerprint density at radius 3 is 2.53 bits per heavy atom. The van der Waals surface area contributed by atoms with Crippen LogP contribution in [0.25, 0.3) is 0 Å². The molecule has 0 bridgehead atoms. The molecule has 0 spiro atoms. The largest absolute Gasteiger partial charge is 0.448 e. The van der Waals surface area contributed by atoms with E-state index in [-0.39, 0.29) is 11.9 Å².